The van der Waals surface area contributed by atoms with Gasteiger partial charge in [0.25, 0.3) is 0 Å². The molecule has 92 valence electrons. The third kappa shape index (κ3) is 2.67. The molecule has 2 N–H and O–H groups in total. The van der Waals surface area contributed by atoms with E-state index >= 15 is 0 Å². The van der Waals surface area contributed by atoms with Crippen LogP contribution in [-0.4, -0.2) is 50.8 Å². The molecular weight excluding hydrogens is 221 g/mol. The van der Waals surface area contributed by atoms with Crippen molar-refractivity contribution < 1.29 is 14.8 Å². The summed E-state index contributed by atoms with van der Waals surface area (Å²) >= 11 is 0. The minimum atomic E-state index is -1.47. The van der Waals surface area contributed by atoms with E-state index in [0.717, 1.165) is 25.9 Å². The Morgan fingerprint density at radius 2 is 2.12 bits per heavy atom. The van der Waals surface area contributed by atoms with Crippen molar-refractivity contribution in [2.45, 2.75) is 25.8 Å². The van der Waals surface area contributed by atoms with E-state index < -0.39 is 7.12 Å². The van der Waals surface area contributed by atoms with Crippen molar-refractivity contribution >= 4 is 18.5 Å². The van der Waals surface area contributed by atoms with Crippen LogP contribution in [0.4, 0.5) is 0 Å². The van der Waals surface area contributed by atoms with Gasteiger partial charge in [0.05, 0.1) is 6.04 Å². The molecule has 0 aliphatic carbocycles. The number of carbonyl (C=O) groups is 1. The number of hydrogen-bond donors (Lipinski definition) is 2. The third-order valence-electron chi connectivity index (χ3n) is 3.20. The minimum absolute atomic E-state index is 0.107. The SMILES string of the molecule is CC(=O)N1CCC(n2cc(B(O)O)cn2)CC1. The van der Waals surface area contributed by atoms with Gasteiger partial charge in [-0.2, -0.15) is 5.10 Å². The van der Waals surface area contributed by atoms with Crippen LogP contribution in [0.25, 0.3) is 0 Å². The molecule has 0 aromatic carbocycles. The van der Waals surface area contributed by atoms with Crippen LogP contribution in [-0.2, 0) is 4.79 Å². The van der Waals surface area contributed by atoms with Crippen LogP contribution in [0.1, 0.15) is 25.8 Å². The summed E-state index contributed by atoms with van der Waals surface area (Å²) in [5.41, 5.74) is 0.402. The summed E-state index contributed by atoms with van der Waals surface area (Å²) in [5, 5.41) is 22.1. The van der Waals surface area contributed by atoms with Crippen LogP contribution >= 0.6 is 0 Å². The van der Waals surface area contributed by atoms with Gasteiger partial charge in [-0.1, -0.05) is 0 Å². The fourth-order valence-corrected chi connectivity index (χ4v) is 2.13. The molecule has 0 spiro atoms. The molecule has 1 saturated heterocycles. The van der Waals surface area contributed by atoms with Crippen LogP contribution in [0.3, 0.4) is 0 Å². The van der Waals surface area contributed by atoms with Gasteiger partial charge in [-0.3, -0.25) is 9.48 Å². The maximum atomic E-state index is 11.2. The first kappa shape index (κ1) is 12.1. The molecule has 1 aromatic heterocycles. The predicted molar refractivity (Wildman–Crippen MR) is 62.6 cm³/mol. The topological polar surface area (TPSA) is 78.6 Å². The average Bonchev–Trinajstić information content (AvgIpc) is 2.78. The molecule has 1 fully saturated rings. The number of amides is 1. The Bertz CT molecular complexity index is 399. The first-order valence-electron chi connectivity index (χ1n) is 5.73. The average molecular weight is 237 g/mol. The highest BCUT2D eigenvalue weighted by atomic mass is 16.4. The van der Waals surface area contributed by atoms with Gasteiger partial charge in [-0.15, -0.1) is 0 Å². The number of aromatic nitrogens is 2. The standard InChI is InChI=1S/C10H16BN3O3/c1-8(15)13-4-2-10(3-5-13)14-7-9(6-12-14)11(16)17/h6-7,10,16-17H,2-5H2,1H3. The zero-order valence-electron chi connectivity index (χ0n) is 9.78. The van der Waals surface area contributed by atoms with Gasteiger partial charge in [0, 0.05) is 37.9 Å². The monoisotopic (exact) mass is 237 g/mol. The Morgan fingerprint density at radius 3 is 2.59 bits per heavy atom. The number of hydrogen-bond acceptors (Lipinski definition) is 4. The minimum Gasteiger partial charge on any atom is -0.423 e. The van der Waals surface area contributed by atoms with Gasteiger partial charge in [0.1, 0.15) is 0 Å². The Balaban J connectivity index is 1.98. The lowest BCUT2D eigenvalue weighted by Crippen LogP contribution is -2.38. The lowest BCUT2D eigenvalue weighted by atomic mass is 9.83. The smallest absolute Gasteiger partial charge is 0.423 e. The molecule has 6 nitrogen and oxygen atoms in total. The lowest BCUT2D eigenvalue weighted by molar-refractivity contribution is -0.130. The maximum Gasteiger partial charge on any atom is 0.491 e. The molecule has 0 saturated carbocycles. The molecule has 0 unspecified atom stereocenters. The largest absolute Gasteiger partial charge is 0.491 e. The van der Waals surface area contributed by atoms with Gasteiger partial charge in [-0.05, 0) is 12.8 Å². The van der Waals surface area contributed by atoms with Gasteiger partial charge >= 0.3 is 7.12 Å². The highest BCUT2D eigenvalue weighted by Crippen LogP contribution is 2.20. The number of nitrogens with zero attached hydrogens (tertiary/aromatic N) is 3. The van der Waals surface area contributed by atoms with Crippen LogP contribution in [0, 0.1) is 0 Å². The van der Waals surface area contributed by atoms with Gasteiger partial charge < -0.3 is 14.9 Å². The third-order valence-corrected chi connectivity index (χ3v) is 3.20. The lowest BCUT2D eigenvalue weighted by Gasteiger charge is -2.31. The summed E-state index contributed by atoms with van der Waals surface area (Å²) in [7, 11) is -1.47. The molecule has 7 heteroatoms. The van der Waals surface area contributed by atoms with E-state index in [0.29, 0.717) is 5.46 Å². The Kier molecular flexibility index (Phi) is 3.49. The summed E-state index contributed by atoms with van der Waals surface area (Å²) in [6, 6.07) is 0.234. The highest BCUT2D eigenvalue weighted by molar-refractivity contribution is 6.58. The van der Waals surface area contributed by atoms with E-state index in [1.54, 1.807) is 17.8 Å². The van der Waals surface area contributed by atoms with Gasteiger partial charge in [0.2, 0.25) is 5.91 Å². The van der Waals surface area contributed by atoms with Crippen molar-refractivity contribution in [1.29, 1.82) is 0 Å². The van der Waals surface area contributed by atoms with Crippen LogP contribution in [0.2, 0.25) is 0 Å². The second-order valence-corrected chi connectivity index (χ2v) is 4.36. The second-order valence-electron chi connectivity index (χ2n) is 4.36. The van der Waals surface area contributed by atoms with Crippen molar-refractivity contribution in [3.8, 4) is 0 Å². The van der Waals surface area contributed by atoms with Crippen molar-refractivity contribution in [2.24, 2.45) is 0 Å². The number of likely N-dealkylation sites (tertiary alicyclic amines) is 1. The van der Waals surface area contributed by atoms with E-state index in [4.69, 9.17) is 10.0 Å². The molecule has 2 heterocycles. The summed E-state index contributed by atoms with van der Waals surface area (Å²) in [4.78, 5) is 13.0. The van der Waals surface area contributed by atoms with Crippen molar-refractivity contribution in [3.05, 3.63) is 12.4 Å². The molecule has 1 aliphatic heterocycles. The van der Waals surface area contributed by atoms with E-state index in [2.05, 4.69) is 5.10 Å². The summed E-state index contributed by atoms with van der Waals surface area (Å²) < 4.78 is 1.76. The summed E-state index contributed by atoms with van der Waals surface area (Å²) in [5.74, 6) is 0.107. The zero-order valence-corrected chi connectivity index (χ0v) is 9.78. The predicted octanol–water partition coefficient (Wildman–Crippen LogP) is -1.25. The Morgan fingerprint density at radius 1 is 1.47 bits per heavy atom. The first-order valence-corrected chi connectivity index (χ1v) is 5.73. The molecule has 0 radical (unpaired) electrons. The molecule has 1 amide bonds. The summed E-state index contributed by atoms with van der Waals surface area (Å²) in [6.45, 7) is 3.04. The first-order chi connectivity index (χ1) is 8.08. The van der Waals surface area contributed by atoms with Gasteiger partial charge in [-0.25, -0.2) is 0 Å². The zero-order chi connectivity index (χ0) is 12.4. The van der Waals surface area contributed by atoms with Crippen LogP contribution in [0.15, 0.2) is 12.4 Å². The highest BCUT2D eigenvalue weighted by Gasteiger charge is 2.23. The normalized spacial score (nSPS) is 17.2. The van der Waals surface area contributed by atoms with E-state index in [9.17, 15) is 4.79 Å². The summed E-state index contributed by atoms with van der Waals surface area (Å²) in [6.07, 6.45) is 4.81. The van der Waals surface area contributed by atoms with Crippen molar-refractivity contribution in [3.63, 3.8) is 0 Å². The molecule has 0 bridgehead atoms. The molecule has 1 aromatic rings. The Hall–Kier alpha value is -1.34. The van der Waals surface area contributed by atoms with Crippen LogP contribution < -0.4 is 5.46 Å². The molecular formula is C10H16BN3O3. The number of carbonyl (C=O) groups excluding carboxylic acids is 1. The van der Waals surface area contributed by atoms with E-state index in [1.165, 1.54) is 6.20 Å². The molecule has 2 rings (SSSR count). The fraction of sp³-hybridized carbons (Fsp3) is 0.600. The molecule has 1 aliphatic rings. The second kappa shape index (κ2) is 4.89. The molecule has 0 atom stereocenters. The van der Waals surface area contributed by atoms with E-state index in [1.807, 2.05) is 4.90 Å². The quantitative estimate of drug-likeness (QED) is 0.630. The number of piperidine rings is 1. The van der Waals surface area contributed by atoms with Crippen LogP contribution in [0.5, 0.6) is 0 Å². The number of rotatable bonds is 2. The molecule has 17 heavy (non-hydrogen) atoms. The van der Waals surface area contributed by atoms with Gasteiger partial charge in [0.15, 0.2) is 0 Å². The fourth-order valence-electron chi connectivity index (χ4n) is 2.13. The Labute approximate surface area is 100.0 Å². The van der Waals surface area contributed by atoms with E-state index in [-0.39, 0.29) is 11.9 Å². The van der Waals surface area contributed by atoms with Crippen molar-refractivity contribution in [1.82, 2.24) is 14.7 Å². The maximum absolute atomic E-state index is 11.2. The van der Waals surface area contributed by atoms with Crippen molar-refractivity contribution in [2.75, 3.05) is 13.1 Å².